The van der Waals surface area contributed by atoms with Crippen molar-refractivity contribution in [3.05, 3.63) is 68.7 Å². The van der Waals surface area contributed by atoms with Crippen LogP contribution in [-0.2, 0) is 23.7 Å². The first kappa shape index (κ1) is 26.0. The van der Waals surface area contributed by atoms with Gasteiger partial charge in [0, 0.05) is 42.3 Å². The number of benzene rings is 2. The second-order valence-corrected chi connectivity index (χ2v) is 8.45. The number of hydrogen-bond donors (Lipinski definition) is 1. The minimum Gasteiger partial charge on any atom is -0.352 e. The quantitative estimate of drug-likeness (QED) is 0.516. The van der Waals surface area contributed by atoms with E-state index < -0.39 is 48.0 Å². The smallest absolute Gasteiger partial charge is 0.352 e. The molecular formula is C21H17Cl2F6N3O2. The van der Waals surface area contributed by atoms with E-state index in [-0.39, 0.29) is 35.3 Å². The van der Waals surface area contributed by atoms with Gasteiger partial charge in [-0.2, -0.15) is 26.3 Å². The van der Waals surface area contributed by atoms with E-state index in [1.54, 1.807) is 0 Å². The summed E-state index contributed by atoms with van der Waals surface area (Å²) >= 11 is 12.1. The largest absolute Gasteiger partial charge is 0.416 e. The monoisotopic (exact) mass is 527 g/mol. The second kappa shape index (κ2) is 9.53. The van der Waals surface area contributed by atoms with Crippen molar-refractivity contribution in [1.29, 1.82) is 0 Å². The molecule has 5 nitrogen and oxygen atoms in total. The average molecular weight is 528 g/mol. The van der Waals surface area contributed by atoms with Crippen molar-refractivity contribution in [2.75, 3.05) is 20.1 Å². The van der Waals surface area contributed by atoms with Crippen LogP contribution in [0.25, 0.3) is 0 Å². The number of nitrogens with zero attached hydrogens (tertiary/aromatic N) is 2. The van der Waals surface area contributed by atoms with E-state index in [4.69, 9.17) is 23.2 Å². The molecule has 2 aromatic carbocycles. The highest BCUT2D eigenvalue weighted by molar-refractivity contribution is 6.35. The molecule has 0 aliphatic carbocycles. The molecule has 1 aliphatic heterocycles. The summed E-state index contributed by atoms with van der Waals surface area (Å²) in [5.74, 6) is -0.546. The van der Waals surface area contributed by atoms with E-state index in [1.807, 2.05) is 0 Å². The molecule has 1 unspecified atom stereocenters. The lowest BCUT2D eigenvalue weighted by Crippen LogP contribution is -2.55. The van der Waals surface area contributed by atoms with E-state index >= 15 is 0 Å². The number of rotatable bonds is 3. The van der Waals surface area contributed by atoms with E-state index in [0.29, 0.717) is 17.2 Å². The van der Waals surface area contributed by atoms with Crippen LogP contribution in [-0.4, -0.2) is 41.9 Å². The maximum absolute atomic E-state index is 13.1. The van der Waals surface area contributed by atoms with Crippen molar-refractivity contribution in [2.24, 2.45) is 0 Å². The third-order valence-electron chi connectivity index (χ3n) is 5.11. The summed E-state index contributed by atoms with van der Waals surface area (Å²) in [5.41, 5.74) is -3.08. The topological polar surface area (TPSA) is 52.7 Å². The number of piperazine rings is 1. The fraction of sp³-hybridized carbons (Fsp3) is 0.333. The van der Waals surface area contributed by atoms with Crippen LogP contribution in [0.5, 0.6) is 0 Å². The number of amides is 3. The summed E-state index contributed by atoms with van der Waals surface area (Å²) in [6.45, 7) is -0.429. The van der Waals surface area contributed by atoms with Gasteiger partial charge in [-0.1, -0.05) is 29.3 Å². The molecule has 3 amide bonds. The first-order valence-electron chi connectivity index (χ1n) is 9.71. The molecule has 184 valence electrons. The van der Waals surface area contributed by atoms with Gasteiger partial charge in [0.2, 0.25) is 5.91 Å². The average Bonchev–Trinajstić information content (AvgIpc) is 2.72. The van der Waals surface area contributed by atoms with Gasteiger partial charge in [0.05, 0.1) is 11.1 Å². The van der Waals surface area contributed by atoms with Gasteiger partial charge in [0.15, 0.2) is 0 Å². The Morgan fingerprint density at radius 2 is 1.65 bits per heavy atom. The second-order valence-electron chi connectivity index (χ2n) is 7.61. The van der Waals surface area contributed by atoms with Crippen LogP contribution in [0.2, 0.25) is 10.0 Å². The highest BCUT2D eigenvalue weighted by Gasteiger charge is 2.39. The summed E-state index contributed by atoms with van der Waals surface area (Å²) in [7, 11) is 1.21. The number of carbonyl (C=O) groups excluding carboxylic acids is 2. The standard InChI is InChI=1S/C21H17Cl2F6N3O2/c1-31(10-11-6-12(20(24,25)26)8-13(7-11)21(27,28)29)19(34)32-5-4-30-18(33)17(32)15-3-2-14(22)9-16(15)23/h2-3,6-9,17H,4-5,10H2,1H3,(H,30,33). The van der Waals surface area contributed by atoms with Crippen LogP contribution in [0.1, 0.15) is 28.3 Å². The zero-order valence-corrected chi connectivity index (χ0v) is 18.9. The van der Waals surface area contributed by atoms with Crippen molar-refractivity contribution in [1.82, 2.24) is 15.1 Å². The zero-order valence-electron chi connectivity index (χ0n) is 17.4. The molecule has 34 heavy (non-hydrogen) atoms. The first-order valence-corrected chi connectivity index (χ1v) is 10.5. The van der Waals surface area contributed by atoms with E-state index in [9.17, 15) is 35.9 Å². The minimum atomic E-state index is -5.01. The van der Waals surface area contributed by atoms with Crippen molar-refractivity contribution in [3.63, 3.8) is 0 Å². The molecule has 0 spiro atoms. The molecule has 0 saturated carbocycles. The molecule has 0 radical (unpaired) electrons. The number of urea groups is 1. The van der Waals surface area contributed by atoms with Crippen molar-refractivity contribution < 1.29 is 35.9 Å². The van der Waals surface area contributed by atoms with Crippen LogP contribution in [0.15, 0.2) is 36.4 Å². The summed E-state index contributed by atoms with van der Waals surface area (Å²) in [4.78, 5) is 27.8. The van der Waals surface area contributed by atoms with Gasteiger partial charge >= 0.3 is 18.4 Å². The van der Waals surface area contributed by atoms with Crippen LogP contribution in [0.4, 0.5) is 31.1 Å². The third kappa shape index (κ3) is 5.69. The number of hydrogen-bond acceptors (Lipinski definition) is 2. The van der Waals surface area contributed by atoms with Gasteiger partial charge in [-0.15, -0.1) is 0 Å². The van der Waals surface area contributed by atoms with Gasteiger partial charge < -0.3 is 15.1 Å². The summed E-state index contributed by atoms with van der Waals surface area (Å²) in [6.07, 6.45) is -10.0. The van der Waals surface area contributed by atoms with E-state index in [0.717, 1.165) is 9.80 Å². The fourth-order valence-corrected chi connectivity index (χ4v) is 4.09. The summed E-state index contributed by atoms with van der Waals surface area (Å²) < 4.78 is 78.9. The predicted octanol–water partition coefficient (Wildman–Crippen LogP) is 5.76. The van der Waals surface area contributed by atoms with Gasteiger partial charge in [-0.05, 0) is 35.9 Å². The van der Waals surface area contributed by atoms with Crippen LogP contribution >= 0.6 is 23.2 Å². The van der Waals surface area contributed by atoms with Crippen LogP contribution in [0.3, 0.4) is 0 Å². The lowest BCUT2D eigenvalue weighted by molar-refractivity contribution is -0.143. The molecule has 0 bridgehead atoms. The van der Waals surface area contributed by atoms with E-state index in [2.05, 4.69) is 5.32 Å². The Hall–Kier alpha value is -2.66. The van der Waals surface area contributed by atoms with Crippen molar-refractivity contribution in [3.8, 4) is 0 Å². The molecule has 2 aromatic rings. The molecule has 1 heterocycles. The normalized spacial score (nSPS) is 16.9. The van der Waals surface area contributed by atoms with Crippen molar-refractivity contribution in [2.45, 2.75) is 24.9 Å². The Kier molecular flexibility index (Phi) is 7.28. The fourth-order valence-electron chi connectivity index (χ4n) is 3.58. The molecular weight excluding hydrogens is 511 g/mol. The first-order chi connectivity index (χ1) is 15.7. The lowest BCUT2D eigenvalue weighted by Gasteiger charge is -2.38. The molecule has 1 N–H and O–H groups in total. The van der Waals surface area contributed by atoms with Crippen LogP contribution < -0.4 is 5.32 Å². The summed E-state index contributed by atoms with van der Waals surface area (Å²) in [5, 5.41) is 3.01. The van der Waals surface area contributed by atoms with Crippen LogP contribution in [0, 0.1) is 0 Å². The highest BCUT2D eigenvalue weighted by Crippen LogP contribution is 2.37. The predicted molar refractivity (Wildman–Crippen MR) is 112 cm³/mol. The van der Waals surface area contributed by atoms with Gasteiger partial charge in [0.1, 0.15) is 6.04 Å². The minimum absolute atomic E-state index is 0.0128. The number of nitrogens with one attached hydrogen (secondary N) is 1. The SMILES string of the molecule is CN(Cc1cc(C(F)(F)F)cc(C(F)(F)F)c1)C(=O)N1CCNC(=O)C1c1ccc(Cl)cc1Cl. The maximum atomic E-state index is 13.1. The molecule has 1 saturated heterocycles. The maximum Gasteiger partial charge on any atom is 0.416 e. The number of alkyl halides is 6. The summed E-state index contributed by atoms with van der Waals surface area (Å²) in [6, 6.07) is 3.48. The highest BCUT2D eigenvalue weighted by atomic mass is 35.5. The molecule has 3 rings (SSSR count). The Morgan fingerprint density at radius 3 is 2.18 bits per heavy atom. The van der Waals surface area contributed by atoms with E-state index in [1.165, 1.54) is 25.2 Å². The molecule has 1 fully saturated rings. The van der Waals surface area contributed by atoms with Crippen molar-refractivity contribution >= 4 is 35.1 Å². The lowest BCUT2D eigenvalue weighted by atomic mass is 10.0. The zero-order chi connectivity index (χ0) is 25.4. The Bertz CT molecular complexity index is 1070. The molecule has 13 heteroatoms. The van der Waals surface area contributed by atoms with Gasteiger partial charge in [0.25, 0.3) is 0 Å². The molecule has 1 aliphatic rings. The van der Waals surface area contributed by atoms with Gasteiger partial charge in [-0.3, -0.25) is 4.79 Å². The van der Waals surface area contributed by atoms with Gasteiger partial charge in [-0.25, -0.2) is 4.79 Å². The Morgan fingerprint density at radius 1 is 1.06 bits per heavy atom. The Balaban J connectivity index is 1.91. The Labute approximate surface area is 200 Å². The number of carbonyl (C=O) groups is 2. The molecule has 0 aromatic heterocycles. The molecule has 1 atom stereocenters. The third-order valence-corrected chi connectivity index (χ3v) is 5.67. The number of halogens is 8.